The number of aliphatic hydroxyl groups excluding tert-OH is 1. The van der Waals surface area contributed by atoms with Crippen LogP contribution in [-0.4, -0.2) is 39.6 Å². The van der Waals surface area contributed by atoms with Crippen LogP contribution in [0.2, 0.25) is 0 Å². The van der Waals surface area contributed by atoms with Crippen LogP contribution in [-0.2, 0) is 9.59 Å². The molecular weight excluding hydrogens is 270 g/mol. The highest BCUT2D eigenvalue weighted by Gasteiger charge is 2.45. The largest absolute Gasteiger partial charge is 0.480 e. The zero-order valence-electron chi connectivity index (χ0n) is 12.3. The predicted molar refractivity (Wildman–Crippen MR) is 77.6 cm³/mol. The molecule has 0 bridgehead atoms. The van der Waals surface area contributed by atoms with E-state index in [0.29, 0.717) is 12.1 Å². The molecule has 0 aliphatic carbocycles. The summed E-state index contributed by atoms with van der Waals surface area (Å²) in [5.41, 5.74) is -0.0223. The third-order valence-electron chi connectivity index (χ3n) is 4.14. The number of nitrogens with zero attached hydrogens (tertiary/aromatic N) is 1. The number of hydrogen-bond acceptors (Lipinski definition) is 3. The molecule has 1 fully saturated rings. The molecule has 114 valence electrons. The maximum atomic E-state index is 12.5. The number of benzene rings is 1. The van der Waals surface area contributed by atoms with Crippen molar-refractivity contribution in [1.82, 2.24) is 4.90 Å². The van der Waals surface area contributed by atoms with E-state index in [-0.39, 0.29) is 0 Å². The average Bonchev–Trinajstić information content (AvgIpc) is 2.45. The molecule has 2 rings (SSSR count). The zero-order valence-corrected chi connectivity index (χ0v) is 12.3. The van der Waals surface area contributed by atoms with Gasteiger partial charge in [-0.25, -0.2) is 4.79 Å². The molecule has 0 saturated carbocycles. The summed E-state index contributed by atoms with van der Waals surface area (Å²) in [6.07, 6.45) is 0.168. The minimum atomic E-state index is -1.32. The fraction of sp³-hybridized carbons (Fsp3) is 0.500. The van der Waals surface area contributed by atoms with Gasteiger partial charge >= 0.3 is 5.97 Å². The Morgan fingerprint density at radius 3 is 2.48 bits per heavy atom. The number of piperidine rings is 1. The lowest BCUT2D eigenvalue weighted by Gasteiger charge is -2.44. The van der Waals surface area contributed by atoms with Crippen LogP contribution in [0.5, 0.6) is 0 Å². The molecular formula is C16H21NO4. The van der Waals surface area contributed by atoms with Gasteiger partial charge in [-0.15, -0.1) is 0 Å². The number of likely N-dealkylation sites (tertiary alicyclic amines) is 1. The Labute approximate surface area is 124 Å². The third-order valence-corrected chi connectivity index (χ3v) is 4.14. The van der Waals surface area contributed by atoms with Crippen LogP contribution in [0.15, 0.2) is 30.3 Å². The molecule has 5 nitrogen and oxygen atoms in total. The lowest BCUT2D eigenvalue weighted by atomic mass is 9.76. The van der Waals surface area contributed by atoms with Crippen LogP contribution in [0, 0.1) is 5.41 Å². The summed E-state index contributed by atoms with van der Waals surface area (Å²) in [7, 11) is 0. The van der Waals surface area contributed by atoms with Crippen LogP contribution in [0.3, 0.4) is 0 Å². The second-order valence-electron chi connectivity index (χ2n) is 6.18. The Morgan fingerprint density at radius 2 is 1.90 bits per heavy atom. The van der Waals surface area contributed by atoms with Gasteiger partial charge < -0.3 is 15.1 Å². The van der Waals surface area contributed by atoms with E-state index in [4.69, 9.17) is 0 Å². The van der Waals surface area contributed by atoms with Crippen molar-refractivity contribution in [3.63, 3.8) is 0 Å². The van der Waals surface area contributed by atoms with Crippen molar-refractivity contribution in [3.05, 3.63) is 35.9 Å². The molecule has 1 aromatic rings. The van der Waals surface area contributed by atoms with Gasteiger partial charge in [0.15, 0.2) is 6.10 Å². The van der Waals surface area contributed by atoms with Crippen LogP contribution < -0.4 is 0 Å². The molecule has 2 unspecified atom stereocenters. The Morgan fingerprint density at radius 1 is 1.29 bits per heavy atom. The molecule has 21 heavy (non-hydrogen) atoms. The van der Waals surface area contributed by atoms with Crippen molar-refractivity contribution >= 4 is 11.9 Å². The molecule has 0 spiro atoms. The molecule has 1 aliphatic heterocycles. The van der Waals surface area contributed by atoms with Crippen molar-refractivity contribution in [2.45, 2.75) is 38.8 Å². The van der Waals surface area contributed by atoms with Gasteiger partial charge in [0.2, 0.25) is 0 Å². The number of carbonyl (C=O) groups excluding carboxylic acids is 1. The Balaban J connectivity index is 2.26. The summed E-state index contributed by atoms with van der Waals surface area (Å²) in [4.78, 5) is 25.4. The lowest BCUT2D eigenvalue weighted by Crippen LogP contribution is -2.57. The average molecular weight is 291 g/mol. The number of hydrogen-bond donors (Lipinski definition) is 2. The van der Waals surface area contributed by atoms with Gasteiger partial charge in [-0.2, -0.15) is 0 Å². The first-order valence-electron chi connectivity index (χ1n) is 7.11. The second-order valence-corrected chi connectivity index (χ2v) is 6.18. The molecule has 1 aromatic carbocycles. The quantitative estimate of drug-likeness (QED) is 0.890. The zero-order chi connectivity index (χ0) is 15.6. The highest BCUT2D eigenvalue weighted by atomic mass is 16.4. The SMILES string of the molecule is CC1(C)CCCN(C(=O)C(O)c2ccccc2)C1C(=O)O. The van der Waals surface area contributed by atoms with Crippen molar-refractivity contribution in [1.29, 1.82) is 0 Å². The van der Waals surface area contributed by atoms with Crippen LogP contribution in [0.1, 0.15) is 38.4 Å². The van der Waals surface area contributed by atoms with Gasteiger partial charge in [0.05, 0.1) is 0 Å². The predicted octanol–water partition coefficient (Wildman–Crippen LogP) is 1.82. The number of amides is 1. The molecule has 2 atom stereocenters. The van der Waals surface area contributed by atoms with Gasteiger partial charge in [0.25, 0.3) is 5.91 Å². The molecule has 1 heterocycles. The van der Waals surface area contributed by atoms with Gasteiger partial charge in [-0.05, 0) is 23.8 Å². The Bertz CT molecular complexity index is 526. The van der Waals surface area contributed by atoms with Crippen molar-refractivity contribution in [3.8, 4) is 0 Å². The van der Waals surface area contributed by atoms with Crippen molar-refractivity contribution in [2.75, 3.05) is 6.54 Å². The molecule has 1 aliphatic rings. The second kappa shape index (κ2) is 5.85. The van der Waals surface area contributed by atoms with E-state index in [2.05, 4.69) is 0 Å². The summed E-state index contributed by atoms with van der Waals surface area (Å²) >= 11 is 0. The van der Waals surface area contributed by atoms with E-state index < -0.39 is 29.4 Å². The van der Waals surface area contributed by atoms with E-state index in [1.54, 1.807) is 30.3 Å². The first kappa shape index (κ1) is 15.5. The van der Waals surface area contributed by atoms with Crippen LogP contribution in [0.4, 0.5) is 0 Å². The van der Waals surface area contributed by atoms with Crippen LogP contribution in [0.25, 0.3) is 0 Å². The van der Waals surface area contributed by atoms with E-state index in [1.165, 1.54) is 4.90 Å². The monoisotopic (exact) mass is 291 g/mol. The minimum Gasteiger partial charge on any atom is -0.480 e. The Kier molecular flexibility index (Phi) is 4.32. The van der Waals surface area contributed by atoms with Crippen molar-refractivity contribution < 1.29 is 19.8 Å². The smallest absolute Gasteiger partial charge is 0.326 e. The minimum absolute atomic E-state index is 0.364. The first-order valence-corrected chi connectivity index (χ1v) is 7.11. The normalized spacial score (nSPS) is 22.6. The van der Waals surface area contributed by atoms with Crippen molar-refractivity contribution in [2.24, 2.45) is 5.41 Å². The standard InChI is InChI=1S/C16H21NO4/c1-16(2)9-6-10-17(13(16)15(20)21)14(19)12(18)11-7-4-3-5-8-11/h3-5,7-8,12-13,18H,6,9-10H2,1-2H3,(H,20,21). The molecule has 0 aromatic heterocycles. The maximum Gasteiger partial charge on any atom is 0.326 e. The summed E-state index contributed by atoms with van der Waals surface area (Å²) in [6.45, 7) is 4.06. The fourth-order valence-electron chi connectivity index (χ4n) is 3.03. The van der Waals surface area contributed by atoms with Gasteiger partial charge in [-0.1, -0.05) is 44.2 Å². The first-order chi connectivity index (χ1) is 9.84. The van der Waals surface area contributed by atoms with E-state index >= 15 is 0 Å². The van der Waals surface area contributed by atoms with Crippen LogP contribution >= 0.6 is 0 Å². The summed E-state index contributed by atoms with van der Waals surface area (Å²) in [5, 5.41) is 19.7. The third kappa shape index (κ3) is 3.08. The topological polar surface area (TPSA) is 77.8 Å². The lowest BCUT2D eigenvalue weighted by molar-refractivity contribution is -0.163. The van der Waals surface area contributed by atoms with E-state index in [0.717, 1.165) is 12.8 Å². The fourth-order valence-corrected chi connectivity index (χ4v) is 3.03. The number of aliphatic carboxylic acids is 1. The van der Waals surface area contributed by atoms with Gasteiger partial charge in [-0.3, -0.25) is 4.79 Å². The number of carbonyl (C=O) groups is 2. The summed E-state index contributed by atoms with van der Waals surface area (Å²) in [5.74, 6) is -1.56. The number of carboxylic acid groups (broad SMARTS) is 1. The summed E-state index contributed by atoms with van der Waals surface area (Å²) < 4.78 is 0. The van der Waals surface area contributed by atoms with E-state index in [9.17, 15) is 19.8 Å². The maximum absolute atomic E-state index is 12.5. The molecule has 5 heteroatoms. The number of rotatable bonds is 3. The molecule has 1 amide bonds. The molecule has 0 radical (unpaired) electrons. The number of aliphatic hydroxyl groups is 1. The van der Waals surface area contributed by atoms with E-state index in [1.807, 2.05) is 13.8 Å². The van der Waals surface area contributed by atoms with Gasteiger partial charge in [0.1, 0.15) is 6.04 Å². The summed E-state index contributed by atoms with van der Waals surface area (Å²) in [6, 6.07) is 7.68. The molecule has 2 N–H and O–H groups in total. The molecule has 1 saturated heterocycles. The van der Waals surface area contributed by atoms with Gasteiger partial charge in [0, 0.05) is 6.54 Å². The Hall–Kier alpha value is -1.88. The highest BCUT2D eigenvalue weighted by molar-refractivity contribution is 5.87. The number of carboxylic acids is 1. The highest BCUT2D eigenvalue weighted by Crippen LogP contribution is 2.36.